The van der Waals surface area contributed by atoms with Crippen LogP contribution in [0.1, 0.15) is 5.56 Å². The van der Waals surface area contributed by atoms with Gasteiger partial charge in [-0.15, -0.1) is 15.0 Å². The van der Waals surface area contributed by atoms with Gasteiger partial charge in [0.2, 0.25) is 5.82 Å². The molecule has 120 valence electrons. The van der Waals surface area contributed by atoms with Crippen molar-refractivity contribution in [1.82, 2.24) is 20.2 Å². The van der Waals surface area contributed by atoms with Crippen LogP contribution in [0.15, 0.2) is 42.5 Å². The van der Waals surface area contributed by atoms with Gasteiger partial charge in [0, 0.05) is 11.6 Å². The van der Waals surface area contributed by atoms with E-state index in [-0.39, 0.29) is 11.4 Å². The summed E-state index contributed by atoms with van der Waals surface area (Å²) in [6.45, 7) is 1.94. The number of benzene rings is 2. The minimum absolute atomic E-state index is 0.00328. The monoisotopic (exact) mass is 326 g/mol. The molecule has 10 heteroatoms. The van der Waals surface area contributed by atoms with E-state index in [1.807, 2.05) is 19.1 Å². The van der Waals surface area contributed by atoms with Gasteiger partial charge in [-0.25, -0.2) is 0 Å². The smallest absolute Gasteiger partial charge is 0.258 e. The second kappa shape index (κ2) is 5.83. The minimum Gasteiger partial charge on any atom is -0.258 e. The van der Waals surface area contributed by atoms with Crippen molar-refractivity contribution < 1.29 is 9.85 Å². The van der Waals surface area contributed by atoms with Crippen molar-refractivity contribution in [3.8, 4) is 17.1 Å². The molecular formula is C14H10N6O4. The molecule has 10 nitrogen and oxygen atoms in total. The van der Waals surface area contributed by atoms with Crippen molar-refractivity contribution >= 4 is 11.4 Å². The van der Waals surface area contributed by atoms with Gasteiger partial charge in [0.15, 0.2) is 5.69 Å². The molecule has 0 aliphatic carbocycles. The molecule has 0 aliphatic heterocycles. The van der Waals surface area contributed by atoms with Gasteiger partial charge in [0.1, 0.15) is 0 Å². The maximum absolute atomic E-state index is 11.2. The summed E-state index contributed by atoms with van der Waals surface area (Å²) in [5.41, 5.74) is 0.909. The predicted molar refractivity (Wildman–Crippen MR) is 82.6 cm³/mol. The van der Waals surface area contributed by atoms with Gasteiger partial charge in [-0.3, -0.25) is 20.2 Å². The highest BCUT2D eigenvalue weighted by Gasteiger charge is 2.22. The van der Waals surface area contributed by atoms with Crippen LogP contribution >= 0.6 is 0 Å². The van der Waals surface area contributed by atoms with Crippen LogP contribution in [0.5, 0.6) is 0 Å². The average molecular weight is 326 g/mol. The van der Waals surface area contributed by atoms with Crippen LogP contribution in [0, 0.1) is 27.2 Å². The maximum Gasteiger partial charge on any atom is 0.303 e. The second-order valence-electron chi connectivity index (χ2n) is 4.96. The summed E-state index contributed by atoms with van der Waals surface area (Å²) in [5, 5.41) is 33.7. The first-order valence-corrected chi connectivity index (χ1v) is 6.76. The highest BCUT2D eigenvalue weighted by molar-refractivity contribution is 5.58. The molecule has 0 spiro atoms. The van der Waals surface area contributed by atoms with Gasteiger partial charge in [-0.2, -0.15) is 0 Å². The summed E-state index contributed by atoms with van der Waals surface area (Å²) >= 11 is 0. The molecule has 0 atom stereocenters. The first kappa shape index (κ1) is 15.2. The first-order valence-electron chi connectivity index (χ1n) is 6.76. The Labute approximate surface area is 134 Å². The van der Waals surface area contributed by atoms with E-state index in [1.54, 1.807) is 12.1 Å². The Bertz CT molecular complexity index is 935. The van der Waals surface area contributed by atoms with Crippen molar-refractivity contribution in [1.29, 1.82) is 0 Å². The zero-order valence-electron chi connectivity index (χ0n) is 12.4. The van der Waals surface area contributed by atoms with Gasteiger partial charge >= 0.3 is 5.69 Å². The fourth-order valence-electron chi connectivity index (χ4n) is 2.08. The zero-order valence-corrected chi connectivity index (χ0v) is 12.4. The van der Waals surface area contributed by atoms with Crippen LogP contribution in [-0.4, -0.2) is 30.1 Å². The van der Waals surface area contributed by atoms with E-state index in [4.69, 9.17) is 0 Å². The Balaban J connectivity index is 2.05. The number of aryl methyl sites for hydroxylation is 1. The molecule has 0 saturated heterocycles. The van der Waals surface area contributed by atoms with Crippen LogP contribution in [0.2, 0.25) is 0 Å². The van der Waals surface area contributed by atoms with Crippen LogP contribution in [-0.2, 0) is 0 Å². The van der Waals surface area contributed by atoms with Crippen molar-refractivity contribution in [3.05, 3.63) is 68.3 Å². The molecule has 0 aliphatic rings. The molecule has 3 rings (SSSR count). The SMILES string of the molecule is Cc1ccc(-c2nnn(-c3ccc([N+](=O)[O-])cc3[N+](=O)[O-])n2)cc1. The number of nitrogens with zero attached hydrogens (tertiary/aromatic N) is 6. The Morgan fingerprint density at radius 3 is 2.33 bits per heavy atom. The minimum atomic E-state index is -0.725. The molecule has 2 aromatic carbocycles. The third-order valence-electron chi connectivity index (χ3n) is 3.31. The molecule has 24 heavy (non-hydrogen) atoms. The molecule has 0 amide bonds. The van der Waals surface area contributed by atoms with E-state index in [0.717, 1.165) is 22.5 Å². The van der Waals surface area contributed by atoms with Gasteiger partial charge < -0.3 is 0 Å². The van der Waals surface area contributed by atoms with Crippen LogP contribution in [0.4, 0.5) is 11.4 Å². The molecule has 0 unspecified atom stereocenters. The van der Waals surface area contributed by atoms with Gasteiger partial charge in [0.05, 0.1) is 15.9 Å². The number of nitro benzene ring substituents is 2. The Hall–Kier alpha value is -3.69. The van der Waals surface area contributed by atoms with Crippen LogP contribution < -0.4 is 0 Å². The molecule has 0 saturated carbocycles. The third kappa shape index (κ3) is 2.79. The molecule has 0 radical (unpaired) electrons. The first-order chi connectivity index (χ1) is 11.5. The average Bonchev–Trinajstić information content (AvgIpc) is 3.04. The molecule has 0 bridgehead atoms. The Kier molecular flexibility index (Phi) is 3.70. The van der Waals surface area contributed by atoms with Crippen molar-refractivity contribution in [2.45, 2.75) is 6.92 Å². The van der Waals surface area contributed by atoms with E-state index in [1.165, 1.54) is 6.07 Å². The fraction of sp³-hybridized carbons (Fsp3) is 0.0714. The lowest BCUT2D eigenvalue weighted by atomic mass is 10.1. The van der Waals surface area contributed by atoms with E-state index in [2.05, 4.69) is 15.4 Å². The maximum atomic E-state index is 11.2. The number of hydrogen-bond donors (Lipinski definition) is 0. The number of non-ortho nitro benzene ring substituents is 1. The van der Waals surface area contributed by atoms with E-state index >= 15 is 0 Å². The normalized spacial score (nSPS) is 10.5. The number of tetrazole rings is 1. The van der Waals surface area contributed by atoms with Crippen LogP contribution in [0.25, 0.3) is 17.1 Å². The second-order valence-corrected chi connectivity index (χ2v) is 4.96. The summed E-state index contributed by atoms with van der Waals surface area (Å²) in [6, 6.07) is 10.6. The number of nitro groups is 2. The summed E-state index contributed by atoms with van der Waals surface area (Å²) in [4.78, 5) is 21.5. The predicted octanol–water partition coefficient (Wildman–Crippen LogP) is 2.45. The summed E-state index contributed by atoms with van der Waals surface area (Å²) in [6.07, 6.45) is 0. The number of rotatable bonds is 4. The summed E-state index contributed by atoms with van der Waals surface area (Å²) < 4.78 is 0. The fourth-order valence-corrected chi connectivity index (χ4v) is 2.08. The summed E-state index contributed by atoms with van der Waals surface area (Å²) in [7, 11) is 0. The molecule has 0 fully saturated rings. The van der Waals surface area contributed by atoms with E-state index < -0.39 is 15.5 Å². The van der Waals surface area contributed by atoms with Crippen LogP contribution in [0.3, 0.4) is 0 Å². The van der Waals surface area contributed by atoms with Crippen molar-refractivity contribution in [3.63, 3.8) is 0 Å². The third-order valence-corrected chi connectivity index (χ3v) is 3.31. The van der Waals surface area contributed by atoms with E-state index in [9.17, 15) is 20.2 Å². The van der Waals surface area contributed by atoms with Gasteiger partial charge in [-0.1, -0.05) is 29.8 Å². The largest absolute Gasteiger partial charge is 0.303 e. The molecule has 1 aromatic heterocycles. The number of hydrogen-bond acceptors (Lipinski definition) is 7. The van der Waals surface area contributed by atoms with E-state index in [0.29, 0.717) is 11.4 Å². The molecule has 3 aromatic rings. The van der Waals surface area contributed by atoms with Gasteiger partial charge in [0.25, 0.3) is 5.69 Å². The van der Waals surface area contributed by atoms with Crippen molar-refractivity contribution in [2.75, 3.05) is 0 Å². The molecule has 1 heterocycles. The number of aromatic nitrogens is 4. The molecule has 0 N–H and O–H groups in total. The standard InChI is InChI=1S/C14H10N6O4/c1-9-2-4-10(5-3-9)14-15-17-18(16-14)12-7-6-11(19(21)22)8-13(12)20(23)24/h2-8H,1H3. The quantitative estimate of drug-likeness (QED) is 0.531. The lowest BCUT2D eigenvalue weighted by Gasteiger charge is -2.00. The highest BCUT2D eigenvalue weighted by Crippen LogP contribution is 2.27. The van der Waals surface area contributed by atoms with Crippen molar-refractivity contribution in [2.24, 2.45) is 0 Å². The lowest BCUT2D eigenvalue weighted by molar-refractivity contribution is -0.394. The highest BCUT2D eigenvalue weighted by atomic mass is 16.6. The Morgan fingerprint density at radius 2 is 1.71 bits per heavy atom. The topological polar surface area (TPSA) is 130 Å². The Morgan fingerprint density at radius 1 is 1.00 bits per heavy atom. The molecular weight excluding hydrogens is 316 g/mol. The lowest BCUT2D eigenvalue weighted by Crippen LogP contribution is -2.04. The zero-order chi connectivity index (χ0) is 17.3. The summed E-state index contributed by atoms with van der Waals surface area (Å²) in [5.74, 6) is 0.294. The van der Waals surface area contributed by atoms with Gasteiger partial charge in [-0.05, 0) is 18.2 Å².